The van der Waals surface area contributed by atoms with Crippen molar-refractivity contribution in [1.82, 2.24) is 4.90 Å². The van der Waals surface area contributed by atoms with Gasteiger partial charge >= 0.3 is 0 Å². The summed E-state index contributed by atoms with van der Waals surface area (Å²) in [6.07, 6.45) is 1.56. The first-order valence-corrected chi connectivity index (χ1v) is 6.14. The van der Waals surface area contributed by atoms with Crippen LogP contribution in [0.2, 0.25) is 5.02 Å². The van der Waals surface area contributed by atoms with Crippen molar-refractivity contribution in [3.8, 4) is 6.07 Å². The maximum Gasteiger partial charge on any atom is 0.256 e. The van der Waals surface area contributed by atoms with Crippen molar-refractivity contribution in [1.29, 1.82) is 5.26 Å². The van der Waals surface area contributed by atoms with E-state index in [1.165, 1.54) is 17.0 Å². The quantitative estimate of drug-likeness (QED) is 0.784. The average Bonchev–Trinajstić information content (AvgIpc) is 2.41. The molecule has 1 amide bonds. The lowest BCUT2D eigenvalue weighted by Crippen LogP contribution is -2.39. The number of amides is 1. The number of likely N-dealkylation sites (tertiary alicyclic amines) is 1. The molecule has 0 aliphatic carbocycles. The normalized spacial score (nSPS) is 19.4. The van der Waals surface area contributed by atoms with Gasteiger partial charge in [0.15, 0.2) is 5.82 Å². The largest absolute Gasteiger partial charge is 0.337 e. The number of benzene rings is 1. The summed E-state index contributed by atoms with van der Waals surface area (Å²) in [4.78, 5) is 13.7. The van der Waals surface area contributed by atoms with Gasteiger partial charge in [0.05, 0.1) is 22.6 Å². The minimum Gasteiger partial charge on any atom is -0.337 e. The predicted octanol–water partition coefficient (Wildman–Crippen LogP) is 2.85. The van der Waals surface area contributed by atoms with Gasteiger partial charge in [-0.1, -0.05) is 17.7 Å². The van der Waals surface area contributed by atoms with E-state index in [0.29, 0.717) is 13.1 Å². The Balaban J connectivity index is 2.21. The number of hydrogen-bond acceptors (Lipinski definition) is 2. The summed E-state index contributed by atoms with van der Waals surface area (Å²) in [5, 5.41) is 8.82. The van der Waals surface area contributed by atoms with Gasteiger partial charge < -0.3 is 4.90 Å². The molecule has 3 nitrogen and oxygen atoms in total. The lowest BCUT2D eigenvalue weighted by atomic mass is 9.99. The molecule has 18 heavy (non-hydrogen) atoms. The van der Waals surface area contributed by atoms with Crippen molar-refractivity contribution in [2.75, 3.05) is 13.1 Å². The molecule has 1 heterocycles. The first-order chi connectivity index (χ1) is 8.63. The monoisotopic (exact) mass is 266 g/mol. The standard InChI is InChI=1S/C13H12ClFN2O/c14-11-5-1-4-10(12(11)15)13(18)17-6-2-3-9(7-16)8-17/h1,4-5,9H,2-3,6,8H2. The molecule has 1 unspecified atom stereocenters. The molecule has 0 N–H and O–H groups in total. The molecule has 0 spiro atoms. The van der Waals surface area contributed by atoms with Crippen LogP contribution >= 0.6 is 11.6 Å². The van der Waals surface area contributed by atoms with Crippen molar-refractivity contribution in [2.45, 2.75) is 12.8 Å². The van der Waals surface area contributed by atoms with E-state index in [9.17, 15) is 9.18 Å². The smallest absolute Gasteiger partial charge is 0.256 e. The van der Waals surface area contributed by atoms with Gasteiger partial charge in [-0.2, -0.15) is 5.26 Å². The second-order valence-electron chi connectivity index (χ2n) is 4.32. The van der Waals surface area contributed by atoms with E-state index in [2.05, 4.69) is 6.07 Å². The van der Waals surface area contributed by atoms with Gasteiger partial charge in [-0.3, -0.25) is 4.79 Å². The van der Waals surface area contributed by atoms with E-state index in [-0.39, 0.29) is 16.5 Å². The Morgan fingerprint density at radius 2 is 2.33 bits per heavy atom. The molecule has 1 saturated heterocycles. The first-order valence-electron chi connectivity index (χ1n) is 5.76. The third-order valence-electron chi connectivity index (χ3n) is 3.07. The van der Waals surface area contributed by atoms with Gasteiger partial charge in [-0.25, -0.2) is 4.39 Å². The van der Waals surface area contributed by atoms with Gasteiger partial charge in [0.25, 0.3) is 5.91 Å². The SMILES string of the molecule is N#CC1CCCN(C(=O)c2cccc(Cl)c2F)C1. The molecule has 2 rings (SSSR count). The van der Waals surface area contributed by atoms with E-state index < -0.39 is 11.7 Å². The summed E-state index contributed by atoms with van der Waals surface area (Å²) in [6, 6.07) is 6.52. The Bertz CT molecular complexity index is 512. The molecule has 5 heteroatoms. The fraction of sp³-hybridized carbons (Fsp3) is 0.385. The minimum absolute atomic E-state index is 0.0268. The van der Waals surface area contributed by atoms with E-state index >= 15 is 0 Å². The number of nitrogens with zero attached hydrogens (tertiary/aromatic N) is 2. The number of hydrogen-bond donors (Lipinski definition) is 0. The number of carbonyl (C=O) groups is 1. The third kappa shape index (κ3) is 2.46. The number of halogens is 2. The minimum atomic E-state index is -0.691. The highest BCUT2D eigenvalue weighted by atomic mass is 35.5. The fourth-order valence-corrected chi connectivity index (χ4v) is 2.28. The highest BCUT2D eigenvalue weighted by molar-refractivity contribution is 6.31. The maximum atomic E-state index is 13.7. The number of rotatable bonds is 1. The lowest BCUT2D eigenvalue weighted by Gasteiger charge is -2.29. The van der Waals surface area contributed by atoms with Crippen LogP contribution in [0.4, 0.5) is 4.39 Å². The van der Waals surface area contributed by atoms with Crippen LogP contribution in [0, 0.1) is 23.1 Å². The van der Waals surface area contributed by atoms with Crippen LogP contribution in [-0.2, 0) is 0 Å². The molecule has 1 atom stereocenters. The van der Waals surface area contributed by atoms with Crippen LogP contribution in [0.5, 0.6) is 0 Å². The average molecular weight is 267 g/mol. The van der Waals surface area contributed by atoms with Crippen molar-refractivity contribution in [2.24, 2.45) is 5.92 Å². The van der Waals surface area contributed by atoms with E-state index in [1.54, 1.807) is 6.07 Å². The second-order valence-corrected chi connectivity index (χ2v) is 4.73. The predicted molar refractivity (Wildman–Crippen MR) is 65.7 cm³/mol. The fourth-order valence-electron chi connectivity index (χ4n) is 2.11. The Kier molecular flexibility index (Phi) is 3.83. The summed E-state index contributed by atoms with van der Waals surface area (Å²) in [6.45, 7) is 0.921. The number of nitriles is 1. The zero-order valence-electron chi connectivity index (χ0n) is 9.70. The second kappa shape index (κ2) is 5.36. The molecule has 1 aromatic carbocycles. The highest BCUT2D eigenvalue weighted by Gasteiger charge is 2.26. The summed E-state index contributed by atoms with van der Waals surface area (Å²) in [7, 11) is 0. The van der Waals surface area contributed by atoms with Crippen LogP contribution < -0.4 is 0 Å². The van der Waals surface area contributed by atoms with Gasteiger partial charge in [-0.15, -0.1) is 0 Å². The van der Waals surface area contributed by atoms with Crippen molar-refractivity contribution < 1.29 is 9.18 Å². The van der Waals surface area contributed by atoms with E-state index in [4.69, 9.17) is 16.9 Å². The number of piperidine rings is 1. The van der Waals surface area contributed by atoms with E-state index in [0.717, 1.165) is 12.8 Å². The molecule has 1 aliphatic rings. The molecule has 1 fully saturated rings. The maximum absolute atomic E-state index is 13.7. The Hall–Kier alpha value is -1.60. The zero-order chi connectivity index (χ0) is 13.1. The van der Waals surface area contributed by atoms with Crippen LogP contribution in [0.3, 0.4) is 0 Å². The lowest BCUT2D eigenvalue weighted by molar-refractivity contribution is 0.0694. The van der Waals surface area contributed by atoms with Crippen molar-refractivity contribution in [3.05, 3.63) is 34.6 Å². The summed E-state index contributed by atoms with van der Waals surface area (Å²) in [5.41, 5.74) is -0.0268. The molecular weight excluding hydrogens is 255 g/mol. The Morgan fingerprint density at radius 1 is 1.56 bits per heavy atom. The third-order valence-corrected chi connectivity index (χ3v) is 3.37. The van der Waals surface area contributed by atoms with Crippen LogP contribution in [0.15, 0.2) is 18.2 Å². The summed E-state index contributed by atoms with van der Waals surface area (Å²) >= 11 is 5.65. The Labute approximate surface area is 110 Å². The molecule has 0 radical (unpaired) electrons. The van der Waals surface area contributed by atoms with Gasteiger partial charge in [-0.05, 0) is 25.0 Å². The molecule has 0 bridgehead atoms. The summed E-state index contributed by atoms with van der Waals surface area (Å²) in [5.74, 6) is -1.25. The molecule has 0 saturated carbocycles. The van der Waals surface area contributed by atoms with Crippen LogP contribution in [0.1, 0.15) is 23.2 Å². The Morgan fingerprint density at radius 3 is 3.06 bits per heavy atom. The van der Waals surface area contributed by atoms with E-state index in [1.807, 2.05) is 0 Å². The van der Waals surface area contributed by atoms with Crippen molar-refractivity contribution >= 4 is 17.5 Å². The summed E-state index contributed by atoms with van der Waals surface area (Å²) < 4.78 is 13.7. The number of carbonyl (C=O) groups excluding carboxylic acids is 1. The molecule has 0 aromatic heterocycles. The van der Waals surface area contributed by atoms with Crippen LogP contribution in [0.25, 0.3) is 0 Å². The molecule has 1 aliphatic heterocycles. The molecular formula is C13H12ClFN2O. The molecule has 94 valence electrons. The van der Waals surface area contributed by atoms with Gasteiger partial charge in [0, 0.05) is 13.1 Å². The zero-order valence-corrected chi connectivity index (χ0v) is 10.5. The van der Waals surface area contributed by atoms with Gasteiger partial charge in [0.1, 0.15) is 0 Å². The highest BCUT2D eigenvalue weighted by Crippen LogP contribution is 2.22. The van der Waals surface area contributed by atoms with Gasteiger partial charge in [0.2, 0.25) is 0 Å². The first kappa shape index (κ1) is 12.8. The van der Waals surface area contributed by atoms with Crippen LogP contribution in [-0.4, -0.2) is 23.9 Å². The van der Waals surface area contributed by atoms with Crippen molar-refractivity contribution in [3.63, 3.8) is 0 Å². The topological polar surface area (TPSA) is 44.1 Å². The molecule has 1 aromatic rings.